The van der Waals surface area contributed by atoms with Gasteiger partial charge in [-0.15, -0.1) is 11.3 Å². The van der Waals surface area contributed by atoms with Crippen molar-refractivity contribution < 1.29 is 13.6 Å². The van der Waals surface area contributed by atoms with Gasteiger partial charge in [-0.05, 0) is 71.5 Å². The maximum Gasteiger partial charge on any atom is 0.159 e. The minimum absolute atomic E-state index is 0.178. The molecule has 0 bridgehead atoms. The number of fused-ring (bicyclic) bond motifs is 1. The molecule has 4 rings (SSSR count). The Labute approximate surface area is 170 Å². The highest BCUT2D eigenvalue weighted by atomic mass is 35.5. The number of halogens is 3. The van der Waals surface area contributed by atoms with Gasteiger partial charge in [0.2, 0.25) is 0 Å². The molecule has 0 saturated carbocycles. The first-order valence-electron chi connectivity index (χ1n) is 8.67. The van der Waals surface area contributed by atoms with Crippen LogP contribution in [-0.2, 0) is 6.42 Å². The van der Waals surface area contributed by atoms with E-state index < -0.39 is 5.82 Å². The monoisotopic (exact) mass is 412 g/mol. The van der Waals surface area contributed by atoms with Crippen LogP contribution in [-0.4, -0.2) is 5.78 Å². The number of ketones is 1. The third-order valence-electron chi connectivity index (χ3n) is 4.51. The Hall–Kier alpha value is -2.56. The molecule has 3 aromatic carbocycles. The number of carbonyl (C=O) groups excluding carboxylic acids is 1. The van der Waals surface area contributed by atoms with Crippen molar-refractivity contribution >= 4 is 38.8 Å². The lowest BCUT2D eigenvalue weighted by atomic mass is 10.00. The Balaban J connectivity index is 1.79. The molecule has 28 heavy (non-hydrogen) atoms. The molecule has 0 saturated heterocycles. The van der Waals surface area contributed by atoms with Gasteiger partial charge in [-0.3, -0.25) is 4.79 Å². The first-order valence-corrected chi connectivity index (χ1v) is 9.87. The van der Waals surface area contributed by atoms with E-state index >= 15 is 0 Å². The van der Waals surface area contributed by atoms with Crippen LogP contribution in [0.25, 0.3) is 21.2 Å². The van der Waals surface area contributed by atoms with E-state index in [9.17, 15) is 13.6 Å². The van der Waals surface area contributed by atoms with Crippen LogP contribution in [0.1, 0.15) is 27.7 Å². The second kappa shape index (κ2) is 7.46. The zero-order valence-electron chi connectivity index (χ0n) is 14.9. The van der Waals surface area contributed by atoms with E-state index in [1.165, 1.54) is 31.2 Å². The second-order valence-corrected chi connectivity index (χ2v) is 8.25. The summed E-state index contributed by atoms with van der Waals surface area (Å²) < 4.78 is 28.7. The van der Waals surface area contributed by atoms with E-state index in [0.717, 1.165) is 26.1 Å². The molecule has 0 atom stereocenters. The maximum atomic E-state index is 14.0. The first-order chi connectivity index (χ1) is 13.4. The lowest BCUT2D eigenvalue weighted by Gasteiger charge is -2.06. The predicted molar refractivity (Wildman–Crippen MR) is 111 cm³/mol. The molecular formula is C23H15ClF2OS. The number of hydrogen-bond donors (Lipinski definition) is 0. The average Bonchev–Trinajstić information content (AvgIpc) is 3.02. The van der Waals surface area contributed by atoms with Gasteiger partial charge in [-0.1, -0.05) is 29.8 Å². The fraction of sp³-hybridized carbons (Fsp3) is 0.0870. The Kier molecular flexibility index (Phi) is 5.00. The summed E-state index contributed by atoms with van der Waals surface area (Å²) >= 11 is 7.53. The van der Waals surface area contributed by atoms with Crippen LogP contribution < -0.4 is 0 Å². The van der Waals surface area contributed by atoms with Crippen molar-refractivity contribution in [3.05, 3.63) is 93.3 Å². The van der Waals surface area contributed by atoms with Crippen LogP contribution in [0.5, 0.6) is 0 Å². The normalized spacial score (nSPS) is 11.1. The second-order valence-electron chi connectivity index (χ2n) is 6.68. The lowest BCUT2D eigenvalue weighted by molar-refractivity contribution is 0.101. The SMILES string of the molecule is CC(=O)c1cc(F)cc(-c2cccc3cc(Cc4cc(F)cc(Cl)c4)sc23)c1. The van der Waals surface area contributed by atoms with E-state index in [4.69, 9.17) is 11.6 Å². The van der Waals surface area contributed by atoms with Crippen molar-refractivity contribution in [3.8, 4) is 11.1 Å². The summed E-state index contributed by atoms with van der Waals surface area (Å²) in [6.07, 6.45) is 0.554. The molecule has 1 heterocycles. The van der Waals surface area contributed by atoms with Crippen molar-refractivity contribution in [3.63, 3.8) is 0 Å². The van der Waals surface area contributed by atoms with E-state index in [1.807, 2.05) is 24.3 Å². The quantitative estimate of drug-likeness (QED) is 0.321. The molecule has 0 fully saturated rings. The number of benzene rings is 3. The van der Waals surface area contributed by atoms with Crippen LogP contribution in [0, 0.1) is 11.6 Å². The van der Waals surface area contributed by atoms with Gasteiger partial charge in [0.15, 0.2) is 5.78 Å². The third kappa shape index (κ3) is 3.84. The van der Waals surface area contributed by atoms with Gasteiger partial charge in [-0.25, -0.2) is 8.78 Å². The average molecular weight is 413 g/mol. The highest BCUT2D eigenvalue weighted by Gasteiger charge is 2.12. The number of thiophene rings is 1. The Morgan fingerprint density at radius 3 is 2.54 bits per heavy atom. The van der Waals surface area contributed by atoms with Crippen molar-refractivity contribution in [1.82, 2.24) is 0 Å². The summed E-state index contributed by atoms with van der Waals surface area (Å²) in [4.78, 5) is 12.8. The van der Waals surface area contributed by atoms with E-state index in [1.54, 1.807) is 23.5 Å². The molecule has 5 heteroatoms. The molecule has 0 radical (unpaired) electrons. The number of rotatable bonds is 4. The van der Waals surface area contributed by atoms with E-state index in [-0.39, 0.29) is 11.6 Å². The predicted octanol–water partition coefficient (Wildman–Crippen LogP) is 7.29. The van der Waals surface area contributed by atoms with E-state index in [2.05, 4.69) is 0 Å². The smallest absolute Gasteiger partial charge is 0.159 e. The fourth-order valence-electron chi connectivity index (χ4n) is 3.29. The molecule has 0 spiro atoms. The molecule has 140 valence electrons. The van der Waals surface area contributed by atoms with Crippen LogP contribution in [0.3, 0.4) is 0 Å². The van der Waals surface area contributed by atoms with E-state index in [0.29, 0.717) is 22.6 Å². The maximum absolute atomic E-state index is 14.0. The van der Waals surface area contributed by atoms with Crippen molar-refractivity contribution in [1.29, 1.82) is 0 Å². The largest absolute Gasteiger partial charge is 0.295 e. The molecule has 4 aromatic rings. The number of hydrogen-bond acceptors (Lipinski definition) is 2. The zero-order valence-corrected chi connectivity index (χ0v) is 16.5. The van der Waals surface area contributed by atoms with Gasteiger partial charge < -0.3 is 0 Å². The van der Waals surface area contributed by atoms with Crippen LogP contribution in [0.15, 0.2) is 60.7 Å². The highest BCUT2D eigenvalue weighted by molar-refractivity contribution is 7.19. The summed E-state index contributed by atoms with van der Waals surface area (Å²) in [6.45, 7) is 1.42. The van der Waals surface area contributed by atoms with Crippen LogP contribution in [0.4, 0.5) is 8.78 Å². The summed E-state index contributed by atoms with van der Waals surface area (Å²) in [6, 6.07) is 16.8. The van der Waals surface area contributed by atoms with Gasteiger partial charge in [-0.2, -0.15) is 0 Å². The standard InChI is InChI=1S/C23H15ClF2OS/c1-13(27)16-8-17(10-20(26)9-16)22-4-2-3-15-11-21(28-23(15)22)7-14-5-18(24)12-19(25)6-14/h2-6,8-12H,7H2,1H3. The van der Waals surface area contributed by atoms with Crippen molar-refractivity contribution in [2.45, 2.75) is 13.3 Å². The Morgan fingerprint density at radius 2 is 1.79 bits per heavy atom. The summed E-state index contributed by atoms with van der Waals surface area (Å²) in [5, 5.41) is 1.39. The van der Waals surface area contributed by atoms with Crippen LogP contribution in [0.2, 0.25) is 5.02 Å². The molecule has 0 unspecified atom stereocenters. The molecular weight excluding hydrogens is 398 g/mol. The minimum Gasteiger partial charge on any atom is -0.295 e. The topological polar surface area (TPSA) is 17.1 Å². The summed E-state index contributed by atoms with van der Waals surface area (Å²) in [7, 11) is 0. The fourth-order valence-corrected chi connectivity index (χ4v) is 4.77. The molecule has 1 aromatic heterocycles. The molecule has 1 nitrogen and oxygen atoms in total. The zero-order chi connectivity index (χ0) is 19.8. The molecule has 0 N–H and O–H groups in total. The summed E-state index contributed by atoms with van der Waals surface area (Å²) in [5.74, 6) is -0.977. The van der Waals surface area contributed by atoms with Crippen LogP contribution >= 0.6 is 22.9 Å². The van der Waals surface area contributed by atoms with Gasteiger partial charge in [0, 0.05) is 26.6 Å². The number of carbonyl (C=O) groups is 1. The Morgan fingerprint density at radius 1 is 1.00 bits per heavy atom. The highest BCUT2D eigenvalue weighted by Crippen LogP contribution is 2.36. The lowest BCUT2D eigenvalue weighted by Crippen LogP contribution is -1.94. The van der Waals surface area contributed by atoms with Crippen molar-refractivity contribution in [2.75, 3.05) is 0 Å². The van der Waals surface area contributed by atoms with Gasteiger partial charge in [0.05, 0.1) is 0 Å². The molecule has 0 amide bonds. The summed E-state index contributed by atoms with van der Waals surface area (Å²) in [5.41, 5.74) is 2.67. The van der Waals surface area contributed by atoms with Gasteiger partial charge >= 0.3 is 0 Å². The third-order valence-corrected chi connectivity index (χ3v) is 5.91. The van der Waals surface area contributed by atoms with Crippen molar-refractivity contribution in [2.24, 2.45) is 0 Å². The first kappa shape index (κ1) is 18.8. The van der Waals surface area contributed by atoms with Gasteiger partial charge in [0.25, 0.3) is 0 Å². The minimum atomic E-state index is -0.439. The number of Topliss-reactive ketones (excluding diaryl/α,β-unsaturated/α-hetero) is 1. The Bertz CT molecular complexity index is 1190. The van der Waals surface area contributed by atoms with Gasteiger partial charge in [0.1, 0.15) is 11.6 Å². The molecule has 0 aliphatic rings. The molecule has 0 aliphatic carbocycles. The molecule has 0 aliphatic heterocycles.